The number of likely N-dealkylation sites (tertiary alicyclic amines) is 1. The molecule has 1 amide bonds. The highest BCUT2D eigenvalue weighted by atomic mass is 16.5. The number of piperidine rings is 1. The van der Waals surface area contributed by atoms with Crippen LogP contribution in [0.5, 0.6) is 11.5 Å². The third-order valence-corrected chi connectivity index (χ3v) is 7.17. The van der Waals surface area contributed by atoms with E-state index in [9.17, 15) is 4.79 Å². The van der Waals surface area contributed by atoms with Gasteiger partial charge in [-0.15, -0.1) is 0 Å². The molecule has 0 bridgehead atoms. The summed E-state index contributed by atoms with van der Waals surface area (Å²) < 4.78 is 11.7. The van der Waals surface area contributed by atoms with E-state index in [0.29, 0.717) is 12.2 Å². The van der Waals surface area contributed by atoms with Crippen molar-refractivity contribution in [1.82, 2.24) is 4.90 Å². The number of nitrogens with zero attached hydrogens (tertiary/aromatic N) is 2. The molecule has 0 aliphatic carbocycles. The molecule has 2 aliphatic heterocycles. The third-order valence-electron chi connectivity index (χ3n) is 7.17. The molecular weight excluding hydrogens is 436 g/mol. The maximum atomic E-state index is 14.0. The van der Waals surface area contributed by atoms with Crippen LogP contribution in [0.25, 0.3) is 0 Å². The lowest BCUT2D eigenvalue weighted by molar-refractivity contribution is 0.0971. The molecule has 5 nitrogen and oxygen atoms in total. The number of fused-ring (bicyclic) bond motifs is 1. The monoisotopic (exact) mass is 470 g/mol. The smallest absolute Gasteiger partial charge is 0.258 e. The van der Waals surface area contributed by atoms with E-state index >= 15 is 0 Å². The standard InChI is InChI=1S/C30H34N2O3/c1-34-28-12-8-11-24-15-18-27(23-9-4-2-5-10-23)32(29(24)28)30(33)25-13-16-26(17-14-25)35-22-21-31-19-6-3-7-20-31/h2,4-5,8-14,16-17,27H,3,6-7,15,18-22H2,1H3. The molecule has 0 radical (unpaired) electrons. The van der Waals surface area contributed by atoms with Crippen molar-refractivity contribution in [2.45, 2.75) is 38.1 Å². The Kier molecular flexibility index (Phi) is 7.34. The Labute approximate surface area is 208 Å². The number of carbonyl (C=O) groups excluding carboxylic acids is 1. The van der Waals surface area contributed by atoms with Gasteiger partial charge in [0.1, 0.15) is 18.1 Å². The Morgan fingerprint density at radius 1 is 0.914 bits per heavy atom. The van der Waals surface area contributed by atoms with E-state index in [1.165, 1.54) is 32.4 Å². The van der Waals surface area contributed by atoms with E-state index in [0.717, 1.165) is 47.7 Å². The molecule has 182 valence electrons. The molecule has 2 heterocycles. The highest BCUT2D eigenvalue weighted by Gasteiger charge is 2.34. The number of para-hydroxylation sites is 1. The predicted molar refractivity (Wildman–Crippen MR) is 140 cm³/mol. The zero-order chi connectivity index (χ0) is 24.0. The van der Waals surface area contributed by atoms with Crippen molar-refractivity contribution in [3.63, 3.8) is 0 Å². The fourth-order valence-corrected chi connectivity index (χ4v) is 5.33. The number of benzene rings is 3. The van der Waals surface area contributed by atoms with Gasteiger partial charge in [0, 0.05) is 12.1 Å². The van der Waals surface area contributed by atoms with Gasteiger partial charge in [0.15, 0.2) is 0 Å². The van der Waals surface area contributed by atoms with Crippen molar-refractivity contribution >= 4 is 11.6 Å². The molecule has 1 fully saturated rings. The average molecular weight is 471 g/mol. The summed E-state index contributed by atoms with van der Waals surface area (Å²) in [6.07, 6.45) is 5.68. The largest absolute Gasteiger partial charge is 0.495 e. The van der Waals surface area contributed by atoms with E-state index in [1.54, 1.807) is 7.11 Å². The lowest BCUT2D eigenvalue weighted by Crippen LogP contribution is -2.38. The summed E-state index contributed by atoms with van der Waals surface area (Å²) in [6.45, 7) is 3.95. The van der Waals surface area contributed by atoms with Crippen LogP contribution in [0.1, 0.15) is 53.2 Å². The molecular formula is C30H34N2O3. The Morgan fingerprint density at radius 3 is 2.43 bits per heavy atom. The summed E-state index contributed by atoms with van der Waals surface area (Å²) in [6, 6.07) is 23.8. The number of hydrogen-bond acceptors (Lipinski definition) is 4. The average Bonchev–Trinajstić information content (AvgIpc) is 2.93. The van der Waals surface area contributed by atoms with Gasteiger partial charge in [0.2, 0.25) is 0 Å². The zero-order valence-electron chi connectivity index (χ0n) is 20.5. The summed E-state index contributed by atoms with van der Waals surface area (Å²) in [5.41, 5.74) is 3.80. The summed E-state index contributed by atoms with van der Waals surface area (Å²) >= 11 is 0. The van der Waals surface area contributed by atoms with Gasteiger partial charge in [0.25, 0.3) is 5.91 Å². The van der Waals surface area contributed by atoms with Crippen LogP contribution in [0.15, 0.2) is 72.8 Å². The second-order valence-electron chi connectivity index (χ2n) is 9.38. The Bertz CT molecular complexity index is 1110. The van der Waals surface area contributed by atoms with Gasteiger partial charge in [0.05, 0.1) is 18.8 Å². The van der Waals surface area contributed by atoms with Crippen LogP contribution in [-0.2, 0) is 6.42 Å². The minimum absolute atomic E-state index is 0.0239. The Balaban J connectivity index is 1.37. The first-order chi connectivity index (χ1) is 17.2. The summed E-state index contributed by atoms with van der Waals surface area (Å²) in [7, 11) is 1.67. The number of ether oxygens (including phenoxy) is 2. The summed E-state index contributed by atoms with van der Waals surface area (Å²) in [5, 5.41) is 0. The predicted octanol–water partition coefficient (Wildman–Crippen LogP) is 5.89. The topological polar surface area (TPSA) is 42.0 Å². The molecule has 1 unspecified atom stereocenters. The molecule has 0 saturated carbocycles. The van der Waals surface area contributed by atoms with Gasteiger partial charge >= 0.3 is 0 Å². The van der Waals surface area contributed by atoms with Crippen LogP contribution < -0.4 is 14.4 Å². The fourth-order valence-electron chi connectivity index (χ4n) is 5.33. The van der Waals surface area contributed by atoms with Crippen molar-refractivity contribution in [2.24, 2.45) is 0 Å². The van der Waals surface area contributed by atoms with E-state index in [4.69, 9.17) is 9.47 Å². The first kappa shape index (κ1) is 23.4. The fraction of sp³-hybridized carbons (Fsp3) is 0.367. The lowest BCUT2D eigenvalue weighted by Gasteiger charge is -2.38. The zero-order valence-corrected chi connectivity index (χ0v) is 20.5. The van der Waals surface area contributed by atoms with Crippen LogP contribution in [-0.4, -0.2) is 44.2 Å². The number of aryl methyl sites for hydroxylation is 1. The van der Waals surface area contributed by atoms with E-state index < -0.39 is 0 Å². The summed E-state index contributed by atoms with van der Waals surface area (Å²) in [5.74, 6) is 1.51. The van der Waals surface area contributed by atoms with E-state index in [2.05, 4.69) is 23.1 Å². The first-order valence-corrected chi connectivity index (χ1v) is 12.7. The SMILES string of the molecule is COc1cccc2c1N(C(=O)c1ccc(OCCN3CCCCC3)cc1)C(c1ccccc1)CC2. The molecule has 3 aromatic rings. The van der Waals surface area contributed by atoms with E-state index in [-0.39, 0.29) is 11.9 Å². The van der Waals surface area contributed by atoms with Crippen molar-refractivity contribution in [3.05, 3.63) is 89.5 Å². The number of methoxy groups -OCH3 is 1. The Morgan fingerprint density at radius 2 is 1.69 bits per heavy atom. The van der Waals surface area contributed by atoms with Crippen molar-refractivity contribution in [3.8, 4) is 11.5 Å². The number of hydrogen-bond donors (Lipinski definition) is 0. The molecule has 3 aromatic carbocycles. The molecule has 35 heavy (non-hydrogen) atoms. The van der Waals surface area contributed by atoms with Gasteiger partial charge in [-0.1, -0.05) is 48.9 Å². The number of amides is 1. The van der Waals surface area contributed by atoms with Crippen LogP contribution in [0, 0.1) is 0 Å². The van der Waals surface area contributed by atoms with Crippen LogP contribution in [0.3, 0.4) is 0 Å². The lowest BCUT2D eigenvalue weighted by atomic mass is 9.90. The number of anilines is 1. The third kappa shape index (κ3) is 5.20. The first-order valence-electron chi connectivity index (χ1n) is 12.7. The molecule has 5 heteroatoms. The number of rotatable bonds is 7. The molecule has 1 atom stereocenters. The van der Waals surface area contributed by atoms with Gasteiger partial charge in [-0.25, -0.2) is 0 Å². The van der Waals surface area contributed by atoms with Gasteiger partial charge in [-0.3, -0.25) is 14.6 Å². The van der Waals surface area contributed by atoms with E-state index in [1.807, 2.05) is 59.5 Å². The van der Waals surface area contributed by atoms with Gasteiger partial charge in [-0.05, 0) is 80.2 Å². The van der Waals surface area contributed by atoms with Crippen LogP contribution in [0.4, 0.5) is 5.69 Å². The van der Waals surface area contributed by atoms with Crippen molar-refractivity contribution in [2.75, 3.05) is 38.3 Å². The summed E-state index contributed by atoms with van der Waals surface area (Å²) in [4.78, 5) is 18.4. The molecule has 0 aromatic heterocycles. The molecule has 1 saturated heterocycles. The normalized spacial score (nSPS) is 18.1. The van der Waals surface area contributed by atoms with Crippen molar-refractivity contribution < 1.29 is 14.3 Å². The maximum absolute atomic E-state index is 14.0. The minimum atomic E-state index is -0.0482. The number of carbonyl (C=O) groups is 1. The molecule has 0 N–H and O–H groups in total. The second-order valence-corrected chi connectivity index (χ2v) is 9.38. The highest BCUT2D eigenvalue weighted by molar-refractivity contribution is 6.08. The van der Waals surface area contributed by atoms with Crippen molar-refractivity contribution in [1.29, 1.82) is 0 Å². The molecule has 2 aliphatic rings. The maximum Gasteiger partial charge on any atom is 0.258 e. The van der Waals surface area contributed by atoms with Gasteiger partial charge < -0.3 is 9.47 Å². The van der Waals surface area contributed by atoms with Gasteiger partial charge in [-0.2, -0.15) is 0 Å². The Hall–Kier alpha value is -3.31. The molecule has 0 spiro atoms. The highest BCUT2D eigenvalue weighted by Crippen LogP contribution is 2.44. The van der Waals surface area contributed by atoms with Crippen LogP contribution >= 0.6 is 0 Å². The quantitative estimate of drug-likeness (QED) is 0.432. The minimum Gasteiger partial charge on any atom is -0.495 e. The van der Waals surface area contributed by atoms with Crippen LogP contribution in [0.2, 0.25) is 0 Å². The molecule has 5 rings (SSSR count). The second kappa shape index (κ2) is 11.0.